The molecule has 2 unspecified atom stereocenters. The molecule has 0 spiro atoms. The van der Waals surface area contributed by atoms with Gasteiger partial charge >= 0.3 is 0 Å². The Balaban J connectivity index is 0.00000256. The van der Waals surface area contributed by atoms with Gasteiger partial charge in [-0.1, -0.05) is 29.8 Å². The minimum Gasteiger partial charge on any atom is -0.338 e. The maximum Gasteiger partial charge on any atom is 0.239 e. The smallest absolute Gasteiger partial charge is 0.239 e. The Morgan fingerprint density at radius 2 is 1.71 bits per heavy atom. The van der Waals surface area contributed by atoms with Crippen molar-refractivity contribution in [3.63, 3.8) is 0 Å². The third-order valence-electron chi connectivity index (χ3n) is 2.88. The molecule has 0 saturated heterocycles. The standard InChI is InChI=1S/C13H20N2O.ClH/c1-9-5-7-12(8-6-9)11(3)15(4)13(16)10(2)14;/h5-8,10-11H,14H2,1-4H3;1H. The fourth-order valence-corrected chi connectivity index (χ4v) is 1.58. The van der Waals surface area contributed by atoms with E-state index in [2.05, 4.69) is 12.1 Å². The van der Waals surface area contributed by atoms with Crippen LogP contribution in [-0.2, 0) is 4.79 Å². The highest BCUT2D eigenvalue weighted by Crippen LogP contribution is 2.19. The van der Waals surface area contributed by atoms with Crippen molar-refractivity contribution < 1.29 is 4.79 Å². The number of carbonyl (C=O) groups is 1. The van der Waals surface area contributed by atoms with Crippen molar-refractivity contribution in [1.29, 1.82) is 0 Å². The van der Waals surface area contributed by atoms with Gasteiger partial charge in [-0.05, 0) is 26.3 Å². The summed E-state index contributed by atoms with van der Waals surface area (Å²) in [6.45, 7) is 5.76. The lowest BCUT2D eigenvalue weighted by Gasteiger charge is -2.27. The van der Waals surface area contributed by atoms with Gasteiger partial charge in [-0.2, -0.15) is 0 Å². The van der Waals surface area contributed by atoms with Crippen molar-refractivity contribution in [1.82, 2.24) is 4.90 Å². The molecule has 0 bridgehead atoms. The Labute approximate surface area is 109 Å². The number of nitrogens with zero attached hydrogens (tertiary/aromatic N) is 1. The van der Waals surface area contributed by atoms with Crippen LogP contribution in [-0.4, -0.2) is 23.9 Å². The molecule has 0 aromatic heterocycles. The molecule has 0 saturated carbocycles. The fraction of sp³-hybridized carbons (Fsp3) is 0.462. The number of amides is 1. The van der Waals surface area contributed by atoms with Gasteiger partial charge in [-0.3, -0.25) is 4.79 Å². The number of nitrogens with two attached hydrogens (primary N) is 1. The summed E-state index contributed by atoms with van der Waals surface area (Å²) in [5.41, 5.74) is 7.93. The molecule has 2 atom stereocenters. The minimum atomic E-state index is -0.446. The Kier molecular flexibility index (Phi) is 6.21. The molecule has 1 amide bonds. The van der Waals surface area contributed by atoms with E-state index in [0.717, 1.165) is 5.56 Å². The molecular weight excluding hydrogens is 236 g/mol. The van der Waals surface area contributed by atoms with Crippen LogP contribution in [0.4, 0.5) is 0 Å². The largest absolute Gasteiger partial charge is 0.338 e. The molecule has 2 N–H and O–H groups in total. The van der Waals surface area contributed by atoms with Crippen molar-refractivity contribution in [2.75, 3.05) is 7.05 Å². The van der Waals surface area contributed by atoms with Crippen LogP contribution in [0.25, 0.3) is 0 Å². The fourth-order valence-electron chi connectivity index (χ4n) is 1.58. The number of aryl methyl sites for hydroxylation is 1. The highest BCUT2D eigenvalue weighted by molar-refractivity contribution is 5.85. The van der Waals surface area contributed by atoms with Crippen LogP contribution in [0.5, 0.6) is 0 Å². The van der Waals surface area contributed by atoms with Crippen LogP contribution in [0, 0.1) is 6.92 Å². The average molecular weight is 257 g/mol. The zero-order valence-corrected chi connectivity index (χ0v) is 11.6. The predicted molar refractivity (Wildman–Crippen MR) is 73.3 cm³/mol. The summed E-state index contributed by atoms with van der Waals surface area (Å²) >= 11 is 0. The molecule has 0 radical (unpaired) electrons. The van der Waals surface area contributed by atoms with Crippen molar-refractivity contribution in [2.24, 2.45) is 5.73 Å². The number of benzene rings is 1. The van der Waals surface area contributed by atoms with E-state index in [1.165, 1.54) is 5.56 Å². The number of likely N-dealkylation sites (N-methyl/N-ethyl adjacent to an activating group) is 1. The molecule has 4 heteroatoms. The van der Waals surface area contributed by atoms with E-state index < -0.39 is 6.04 Å². The van der Waals surface area contributed by atoms with Crippen molar-refractivity contribution >= 4 is 18.3 Å². The first-order chi connectivity index (χ1) is 7.43. The van der Waals surface area contributed by atoms with Gasteiger partial charge in [-0.15, -0.1) is 12.4 Å². The summed E-state index contributed by atoms with van der Waals surface area (Å²) in [6, 6.07) is 7.80. The average Bonchev–Trinajstić information content (AvgIpc) is 2.27. The normalized spacial score (nSPS) is 13.5. The van der Waals surface area contributed by atoms with E-state index in [1.54, 1.807) is 18.9 Å². The predicted octanol–water partition coefficient (Wildman–Crippen LogP) is 2.28. The van der Waals surface area contributed by atoms with Crippen LogP contribution in [0.2, 0.25) is 0 Å². The second-order valence-corrected chi connectivity index (χ2v) is 4.32. The van der Waals surface area contributed by atoms with E-state index in [9.17, 15) is 4.79 Å². The van der Waals surface area contributed by atoms with Crippen molar-refractivity contribution in [3.05, 3.63) is 35.4 Å². The summed E-state index contributed by atoms with van der Waals surface area (Å²) in [6.07, 6.45) is 0. The van der Waals surface area contributed by atoms with Crippen LogP contribution >= 0.6 is 12.4 Å². The zero-order chi connectivity index (χ0) is 12.3. The maximum atomic E-state index is 11.7. The molecule has 1 aromatic rings. The molecule has 96 valence electrons. The van der Waals surface area contributed by atoms with Crippen LogP contribution < -0.4 is 5.73 Å². The molecule has 1 aromatic carbocycles. The van der Waals surface area contributed by atoms with Gasteiger partial charge < -0.3 is 10.6 Å². The maximum absolute atomic E-state index is 11.7. The van der Waals surface area contributed by atoms with E-state index in [0.29, 0.717) is 0 Å². The number of rotatable bonds is 3. The van der Waals surface area contributed by atoms with Crippen molar-refractivity contribution in [3.8, 4) is 0 Å². The van der Waals surface area contributed by atoms with Crippen LogP contribution in [0.15, 0.2) is 24.3 Å². The molecule has 0 fully saturated rings. The van der Waals surface area contributed by atoms with Gasteiger partial charge in [0.2, 0.25) is 5.91 Å². The Bertz CT molecular complexity index is 362. The minimum absolute atomic E-state index is 0. The quantitative estimate of drug-likeness (QED) is 0.902. The van der Waals surface area contributed by atoms with Gasteiger partial charge in [-0.25, -0.2) is 0 Å². The molecule has 1 rings (SSSR count). The Morgan fingerprint density at radius 3 is 2.12 bits per heavy atom. The summed E-state index contributed by atoms with van der Waals surface area (Å²) in [7, 11) is 1.79. The second-order valence-electron chi connectivity index (χ2n) is 4.32. The molecule has 0 heterocycles. The lowest BCUT2D eigenvalue weighted by molar-refractivity contribution is -0.132. The second kappa shape index (κ2) is 6.62. The monoisotopic (exact) mass is 256 g/mol. The number of halogens is 1. The van der Waals surface area contributed by atoms with Gasteiger partial charge in [0.25, 0.3) is 0 Å². The Hall–Kier alpha value is -1.06. The Morgan fingerprint density at radius 1 is 1.24 bits per heavy atom. The number of carbonyl (C=O) groups excluding carboxylic acids is 1. The molecule has 3 nitrogen and oxygen atoms in total. The topological polar surface area (TPSA) is 46.3 Å². The van der Waals surface area contributed by atoms with Crippen LogP contribution in [0.1, 0.15) is 31.0 Å². The summed E-state index contributed by atoms with van der Waals surface area (Å²) in [5, 5.41) is 0. The van der Waals surface area contributed by atoms with E-state index in [-0.39, 0.29) is 24.4 Å². The zero-order valence-electron chi connectivity index (χ0n) is 10.8. The lowest BCUT2D eigenvalue weighted by atomic mass is 10.1. The first-order valence-corrected chi connectivity index (χ1v) is 5.52. The number of hydrogen-bond acceptors (Lipinski definition) is 2. The summed E-state index contributed by atoms with van der Waals surface area (Å²) in [4.78, 5) is 13.4. The highest BCUT2D eigenvalue weighted by Gasteiger charge is 2.19. The number of hydrogen-bond donors (Lipinski definition) is 1. The van der Waals surface area contributed by atoms with Gasteiger partial charge in [0.05, 0.1) is 12.1 Å². The van der Waals surface area contributed by atoms with Crippen LogP contribution in [0.3, 0.4) is 0 Å². The SMILES string of the molecule is Cc1ccc(C(C)N(C)C(=O)C(C)N)cc1.Cl. The summed E-state index contributed by atoms with van der Waals surface area (Å²) in [5.74, 6) is -0.0342. The van der Waals surface area contributed by atoms with E-state index in [1.807, 2.05) is 26.0 Å². The van der Waals surface area contributed by atoms with E-state index in [4.69, 9.17) is 5.73 Å². The first kappa shape index (κ1) is 15.9. The highest BCUT2D eigenvalue weighted by atomic mass is 35.5. The lowest BCUT2D eigenvalue weighted by Crippen LogP contribution is -2.40. The third-order valence-corrected chi connectivity index (χ3v) is 2.88. The van der Waals surface area contributed by atoms with Gasteiger partial charge in [0.15, 0.2) is 0 Å². The van der Waals surface area contributed by atoms with Gasteiger partial charge in [0.1, 0.15) is 0 Å². The summed E-state index contributed by atoms with van der Waals surface area (Å²) < 4.78 is 0. The molecule has 0 aliphatic rings. The molecule has 0 aliphatic carbocycles. The third kappa shape index (κ3) is 4.02. The van der Waals surface area contributed by atoms with Crippen molar-refractivity contribution in [2.45, 2.75) is 32.9 Å². The first-order valence-electron chi connectivity index (χ1n) is 5.52. The molecule has 0 aliphatic heterocycles. The molecular formula is C13H21ClN2O. The van der Waals surface area contributed by atoms with Gasteiger partial charge in [0, 0.05) is 7.05 Å². The molecule has 17 heavy (non-hydrogen) atoms. The van der Waals surface area contributed by atoms with E-state index >= 15 is 0 Å².